The van der Waals surface area contributed by atoms with Crippen molar-refractivity contribution in [3.05, 3.63) is 17.6 Å². The summed E-state index contributed by atoms with van der Waals surface area (Å²) >= 11 is 0. The monoisotopic (exact) mass is 264 g/mol. The maximum atomic E-state index is 4.43. The Morgan fingerprint density at radius 1 is 1.16 bits per heavy atom. The highest BCUT2D eigenvalue weighted by molar-refractivity contribution is 5.35. The Morgan fingerprint density at radius 3 is 2.32 bits per heavy atom. The lowest BCUT2D eigenvalue weighted by atomic mass is 10.2. The number of aryl methyl sites for hydroxylation is 2. The molecule has 0 unspecified atom stereocenters. The summed E-state index contributed by atoms with van der Waals surface area (Å²) in [7, 11) is 0. The van der Waals surface area contributed by atoms with Gasteiger partial charge in [-0.3, -0.25) is 4.90 Å². The van der Waals surface area contributed by atoms with Gasteiger partial charge in [-0.25, -0.2) is 9.97 Å². The third kappa shape index (κ3) is 5.15. The molecule has 108 valence electrons. The van der Waals surface area contributed by atoms with Gasteiger partial charge in [-0.05, 0) is 41.0 Å². The van der Waals surface area contributed by atoms with Crippen LogP contribution in [0.1, 0.15) is 46.1 Å². The zero-order chi connectivity index (χ0) is 14.4. The summed E-state index contributed by atoms with van der Waals surface area (Å²) in [5.41, 5.74) is 1.10. The lowest BCUT2D eigenvalue weighted by Gasteiger charge is -2.30. The molecule has 19 heavy (non-hydrogen) atoms. The van der Waals surface area contributed by atoms with Gasteiger partial charge in [0.2, 0.25) is 0 Å². The van der Waals surface area contributed by atoms with Crippen LogP contribution in [0, 0.1) is 6.92 Å². The Kier molecular flexibility index (Phi) is 6.22. The third-order valence-electron chi connectivity index (χ3n) is 3.26. The van der Waals surface area contributed by atoms with Gasteiger partial charge in [-0.1, -0.05) is 6.92 Å². The average molecular weight is 264 g/mol. The molecule has 0 amide bonds. The average Bonchev–Trinajstić information content (AvgIpc) is 2.32. The minimum Gasteiger partial charge on any atom is -0.369 e. The van der Waals surface area contributed by atoms with Crippen LogP contribution >= 0.6 is 0 Å². The Labute approximate surface area is 117 Å². The number of hydrogen-bond acceptors (Lipinski definition) is 4. The van der Waals surface area contributed by atoms with E-state index in [1.54, 1.807) is 0 Å². The third-order valence-corrected chi connectivity index (χ3v) is 3.26. The summed E-state index contributed by atoms with van der Waals surface area (Å²) in [6.07, 6.45) is 0.947. The number of nitrogens with zero attached hydrogens (tertiary/aromatic N) is 3. The van der Waals surface area contributed by atoms with Crippen LogP contribution in [0.3, 0.4) is 0 Å². The highest BCUT2D eigenvalue weighted by Gasteiger charge is 2.12. The van der Waals surface area contributed by atoms with E-state index in [1.165, 1.54) is 0 Å². The zero-order valence-electron chi connectivity index (χ0n) is 13.2. The second-order valence-corrected chi connectivity index (χ2v) is 5.50. The molecule has 0 aliphatic carbocycles. The number of aromatic nitrogens is 2. The molecule has 0 radical (unpaired) electrons. The van der Waals surface area contributed by atoms with Gasteiger partial charge in [0, 0.05) is 36.9 Å². The smallest absolute Gasteiger partial charge is 0.129 e. The molecule has 0 atom stereocenters. The lowest BCUT2D eigenvalue weighted by molar-refractivity contribution is 0.182. The van der Waals surface area contributed by atoms with Gasteiger partial charge in [0.25, 0.3) is 0 Å². The van der Waals surface area contributed by atoms with E-state index >= 15 is 0 Å². The van der Waals surface area contributed by atoms with Crippen molar-refractivity contribution in [1.29, 1.82) is 0 Å². The molecule has 0 saturated carbocycles. The lowest BCUT2D eigenvalue weighted by Crippen LogP contribution is -2.40. The molecular formula is C15H28N4. The van der Waals surface area contributed by atoms with Gasteiger partial charge in [0.1, 0.15) is 11.6 Å². The molecule has 1 rings (SSSR count). The van der Waals surface area contributed by atoms with Crippen LogP contribution in [0.25, 0.3) is 0 Å². The molecule has 4 heteroatoms. The topological polar surface area (TPSA) is 41.0 Å². The van der Waals surface area contributed by atoms with Crippen LogP contribution in [-0.4, -0.2) is 40.0 Å². The minimum atomic E-state index is 0.570. The van der Waals surface area contributed by atoms with Gasteiger partial charge < -0.3 is 5.32 Å². The summed E-state index contributed by atoms with van der Waals surface area (Å²) in [6, 6.07) is 3.18. The van der Waals surface area contributed by atoms with Crippen LogP contribution < -0.4 is 5.32 Å². The van der Waals surface area contributed by atoms with Crippen molar-refractivity contribution in [3.63, 3.8) is 0 Å². The number of anilines is 1. The summed E-state index contributed by atoms with van der Waals surface area (Å²) in [5.74, 6) is 1.78. The Hall–Kier alpha value is -1.16. The van der Waals surface area contributed by atoms with E-state index in [0.29, 0.717) is 12.1 Å². The van der Waals surface area contributed by atoms with E-state index < -0.39 is 0 Å². The number of nitrogens with one attached hydrogen (secondary N) is 1. The van der Waals surface area contributed by atoms with Gasteiger partial charge in [-0.2, -0.15) is 0 Å². The van der Waals surface area contributed by atoms with Crippen molar-refractivity contribution in [2.24, 2.45) is 0 Å². The van der Waals surface area contributed by atoms with E-state index in [-0.39, 0.29) is 0 Å². The molecule has 0 spiro atoms. The summed E-state index contributed by atoms with van der Waals surface area (Å²) in [4.78, 5) is 11.3. The highest BCUT2D eigenvalue weighted by Crippen LogP contribution is 2.08. The molecule has 0 aliphatic heterocycles. The fourth-order valence-electron chi connectivity index (χ4n) is 2.33. The van der Waals surface area contributed by atoms with E-state index in [0.717, 1.165) is 36.8 Å². The molecule has 1 aromatic heterocycles. The van der Waals surface area contributed by atoms with Crippen molar-refractivity contribution >= 4 is 5.82 Å². The summed E-state index contributed by atoms with van der Waals surface area (Å²) in [5, 5.41) is 3.41. The molecule has 1 aromatic rings. The maximum Gasteiger partial charge on any atom is 0.129 e. The molecule has 4 nitrogen and oxygen atoms in total. The summed E-state index contributed by atoms with van der Waals surface area (Å²) in [6.45, 7) is 15.0. The van der Waals surface area contributed by atoms with E-state index in [9.17, 15) is 0 Å². The largest absolute Gasteiger partial charge is 0.369 e. The predicted octanol–water partition coefficient (Wildman–Crippen LogP) is 2.88. The fourth-order valence-corrected chi connectivity index (χ4v) is 2.33. The Balaban J connectivity index is 2.55. The van der Waals surface area contributed by atoms with E-state index in [1.807, 2.05) is 13.0 Å². The predicted molar refractivity (Wildman–Crippen MR) is 81.6 cm³/mol. The van der Waals surface area contributed by atoms with Crippen molar-refractivity contribution in [3.8, 4) is 0 Å². The van der Waals surface area contributed by atoms with Gasteiger partial charge in [0.15, 0.2) is 0 Å². The molecule has 1 heterocycles. The fraction of sp³-hybridized carbons (Fsp3) is 0.733. The Bertz CT molecular complexity index is 380. The Morgan fingerprint density at radius 2 is 1.79 bits per heavy atom. The second kappa shape index (κ2) is 7.43. The summed E-state index contributed by atoms with van der Waals surface area (Å²) < 4.78 is 0. The molecule has 0 saturated heterocycles. The van der Waals surface area contributed by atoms with Gasteiger partial charge in [0.05, 0.1) is 0 Å². The first-order valence-corrected chi connectivity index (χ1v) is 7.28. The normalized spacial score (nSPS) is 11.6. The van der Waals surface area contributed by atoms with Crippen molar-refractivity contribution < 1.29 is 0 Å². The first-order valence-electron chi connectivity index (χ1n) is 7.28. The number of hydrogen-bond donors (Lipinski definition) is 1. The standard InChI is InChI=1S/C15H28N4/c1-7-14-10-15(18-13(6)17-14)16-8-9-19(11(2)3)12(4)5/h10-12H,7-9H2,1-6H3,(H,16,17,18). The van der Waals surface area contributed by atoms with E-state index in [2.05, 4.69) is 54.8 Å². The second-order valence-electron chi connectivity index (χ2n) is 5.50. The molecule has 1 N–H and O–H groups in total. The molecule has 0 bridgehead atoms. The first kappa shape index (κ1) is 15.9. The van der Waals surface area contributed by atoms with Gasteiger partial charge in [-0.15, -0.1) is 0 Å². The van der Waals surface area contributed by atoms with Gasteiger partial charge >= 0.3 is 0 Å². The number of rotatable bonds is 7. The van der Waals surface area contributed by atoms with Crippen LogP contribution in [0.5, 0.6) is 0 Å². The minimum absolute atomic E-state index is 0.570. The molecular weight excluding hydrogens is 236 g/mol. The van der Waals surface area contributed by atoms with Crippen molar-refractivity contribution in [1.82, 2.24) is 14.9 Å². The van der Waals surface area contributed by atoms with Crippen molar-refractivity contribution in [2.45, 2.75) is 60.0 Å². The molecule has 0 aromatic carbocycles. The van der Waals surface area contributed by atoms with E-state index in [4.69, 9.17) is 0 Å². The quantitative estimate of drug-likeness (QED) is 0.822. The highest BCUT2D eigenvalue weighted by atomic mass is 15.2. The van der Waals surface area contributed by atoms with Crippen LogP contribution in [0.2, 0.25) is 0 Å². The maximum absolute atomic E-state index is 4.43. The van der Waals surface area contributed by atoms with Crippen LogP contribution in [0.4, 0.5) is 5.82 Å². The van der Waals surface area contributed by atoms with Crippen molar-refractivity contribution in [2.75, 3.05) is 18.4 Å². The molecule has 0 fully saturated rings. The first-order chi connectivity index (χ1) is 8.93. The molecule has 0 aliphatic rings. The van der Waals surface area contributed by atoms with Crippen LogP contribution in [0.15, 0.2) is 6.07 Å². The van der Waals surface area contributed by atoms with Crippen LogP contribution in [-0.2, 0) is 6.42 Å². The SMILES string of the molecule is CCc1cc(NCCN(C(C)C)C(C)C)nc(C)n1. The zero-order valence-corrected chi connectivity index (χ0v) is 13.2.